The van der Waals surface area contributed by atoms with Crippen molar-refractivity contribution in [1.29, 1.82) is 0 Å². The van der Waals surface area contributed by atoms with Crippen LogP contribution in [0.3, 0.4) is 0 Å². The lowest BCUT2D eigenvalue weighted by molar-refractivity contribution is -0.133. The highest BCUT2D eigenvalue weighted by molar-refractivity contribution is 6.25. The van der Waals surface area contributed by atoms with Gasteiger partial charge in [-0.25, -0.2) is 0 Å². The maximum Gasteiger partial charge on any atom is 0.209 e. The molecule has 172 valence electrons. The number of carbonyl (C=O) groups excluding carboxylic acids is 2. The second-order valence-electron chi connectivity index (χ2n) is 8.12. The number of ketones is 2. The molecule has 1 aliphatic carbocycles. The molecule has 0 radical (unpaired) electrons. The van der Waals surface area contributed by atoms with Crippen LogP contribution in [0.25, 0.3) is 0 Å². The topological polar surface area (TPSA) is 94.8 Å². The van der Waals surface area contributed by atoms with E-state index in [2.05, 4.69) is 43.4 Å². The predicted octanol–water partition coefficient (Wildman–Crippen LogP) is 6.12. The Kier molecular flexibility index (Phi) is 11.9. The van der Waals surface area contributed by atoms with Crippen LogP contribution in [0.4, 0.5) is 0 Å². The molecule has 3 N–H and O–H groups in total. The number of allylic oxidation sites excluding steroid dienone is 7. The van der Waals surface area contributed by atoms with Crippen LogP contribution in [0, 0.1) is 0 Å². The molecule has 0 saturated heterocycles. The third kappa shape index (κ3) is 8.33. The van der Waals surface area contributed by atoms with E-state index in [0.29, 0.717) is 6.42 Å². The number of Topliss-reactive ketones (excluding diaryl/α,β-unsaturated/α-hetero) is 2. The minimum Gasteiger partial charge on any atom is -0.508 e. The van der Waals surface area contributed by atoms with Gasteiger partial charge in [0.1, 0.15) is 17.1 Å². The van der Waals surface area contributed by atoms with Crippen molar-refractivity contribution in [2.45, 2.75) is 90.6 Å². The largest absolute Gasteiger partial charge is 0.508 e. The highest BCUT2D eigenvalue weighted by Gasteiger charge is 2.45. The van der Waals surface area contributed by atoms with E-state index >= 15 is 0 Å². The second kappa shape index (κ2) is 13.8. The van der Waals surface area contributed by atoms with Crippen LogP contribution in [-0.2, 0) is 9.59 Å². The van der Waals surface area contributed by atoms with Crippen LogP contribution in [0.1, 0.15) is 85.0 Å². The van der Waals surface area contributed by atoms with E-state index < -0.39 is 34.3 Å². The van der Waals surface area contributed by atoms with Crippen molar-refractivity contribution in [2.24, 2.45) is 0 Å². The summed E-state index contributed by atoms with van der Waals surface area (Å²) >= 11 is 0. The van der Waals surface area contributed by atoms with E-state index in [1.807, 2.05) is 0 Å². The van der Waals surface area contributed by atoms with E-state index in [0.717, 1.165) is 58.3 Å². The van der Waals surface area contributed by atoms with Gasteiger partial charge in [0.2, 0.25) is 5.78 Å². The summed E-state index contributed by atoms with van der Waals surface area (Å²) in [7, 11) is 0. The Morgan fingerprint density at radius 1 is 0.903 bits per heavy atom. The first-order valence-corrected chi connectivity index (χ1v) is 11.3. The van der Waals surface area contributed by atoms with Gasteiger partial charge in [0, 0.05) is 12.0 Å². The molecule has 5 nitrogen and oxygen atoms in total. The summed E-state index contributed by atoms with van der Waals surface area (Å²) in [4.78, 5) is 24.7. The molecule has 0 fully saturated rings. The first-order chi connectivity index (χ1) is 14.7. The van der Waals surface area contributed by atoms with Gasteiger partial charge in [-0.1, -0.05) is 62.6 Å². The second-order valence-corrected chi connectivity index (χ2v) is 8.12. The van der Waals surface area contributed by atoms with E-state index in [1.54, 1.807) is 0 Å². The quantitative estimate of drug-likeness (QED) is 0.175. The fraction of sp³-hybridized carbons (Fsp3) is 0.538. The molecular weight excluding hydrogens is 392 g/mol. The van der Waals surface area contributed by atoms with Crippen LogP contribution in [-0.4, -0.2) is 32.5 Å². The molecule has 0 amide bonds. The zero-order valence-corrected chi connectivity index (χ0v) is 19.2. The zero-order valence-electron chi connectivity index (χ0n) is 19.2. The number of hydrogen-bond donors (Lipinski definition) is 3. The minimum atomic E-state index is -2.17. The first kappa shape index (κ1) is 26.6. The lowest BCUT2D eigenvalue weighted by Gasteiger charge is -2.28. The maximum atomic E-state index is 12.4. The number of hydrogen-bond acceptors (Lipinski definition) is 5. The smallest absolute Gasteiger partial charge is 0.209 e. The van der Waals surface area contributed by atoms with Gasteiger partial charge in [0.05, 0.1) is 0 Å². The lowest BCUT2D eigenvalue weighted by atomic mass is 9.81. The average molecular weight is 431 g/mol. The summed E-state index contributed by atoms with van der Waals surface area (Å²) in [5.41, 5.74) is -2.61. The zero-order chi connectivity index (χ0) is 23.3. The summed E-state index contributed by atoms with van der Waals surface area (Å²) < 4.78 is 0. The Bertz CT molecular complexity index is 763. The van der Waals surface area contributed by atoms with Crippen LogP contribution >= 0.6 is 0 Å². The molecular formula is C26H38O5. The number of aliphatic hydroxyl groups excluding tert-OH is 2. The molecule has 0 bridgehead atoms. The average Bonchev–Trinajstić information content (AvgIpc) is 2.74. The van der Waals surface area contributed by atoms with Gasteiger partial charge in [-0.15, -0.1) is 0 Å². The van der Waals surface area contributed by atoms with Crippen molar-refractivity contribution in [3.8, 4) is 0 Å². The van der Waals surface area contributed by atoms with Crippen LogP contribution in [0.5, 0.6) is 0 Å². The molecule has 1 rings (SSSR count). The Morgan fingerprint density at radius 2 is 1.45 bits per heavy atom. The van der Waals surface area contributed by atoms with Crippen molar-refractivity contribution in [3.63, 3.8) is 0 Å². The van der Waals surface area contributed by atoms with E-state index in [4.69, 9.17) is 0 Å². The van der Waals surface area contributed by atoms with E-state index in [1.165, 1.54) is 6.92 Å². The van der Waals surface area contributed by atoms with Crippen molar-refractivity contribution in [1.82, 2.24) is 0 Å². The van der Waals surface area contributed by atoms with Crippen molar-refractivity contribution in [2.75, 3.05) is 0 Å². The molecule has 0 heterocycles. The number of rotatable bonds is 14. The SMILES string of the molecule is CC/C=C/C/C=C\C/C=C\CCCCCCCC(=O)C1=C(O)C(C)=C(O)[C@@](C)(O)C1=O. The van der Waals surface area contributed by atoms with Gasteiger partial charge >= 0.3 is 0 Å². The summed E-state index contributed by atoms with van der Waals surface area (Å²) in [6, 6.07) is 0. The number of aliphatic hydroxyl groups is 3. The molecule has 0 spiro atoms. The maximum absolute atomic E-state index is 12.4. The highest BCUT2D eigenvalue weighted by atomic mass is 16.3. The van der Waals surface area contributed by atoms with E-state index in [-0.39, 0.29) is 12.0 Å². The van der Waals surface area contributed by atoms with Gasteiger partial charge in [-0.2, -0.15) is 0 Å². The first-order valence-electron chi connectivity index (χ1n) is 11.3. The minimum absolute atomic E-state index is 0.0372. The molecule has 0 unspecified atom stereocenters. The number of unbranched alkanes of at least 4 members (excludes halogenated alkanes) is 5. The van der Waals surface area contributed by atoms with Crippen molar-refractivity contribution >= 4 is 11.6 Å². The normalized spacial score (nSPS) is 20.2. The molecule has 0 aromatic carbocycles. The van der Waals surface area contributed by atoms with E-state index in [9.17, 15) is 24.9 Å². The molecule has 1 atom stereocenters. The lowest BCUT2D eigenvalue weighted by Crippen LogP contribution is -2.44. The van der Waals surface area contributed by atoms with Gasteiger partial charge in [0.25, 0.3) is 0 Å². The number of carbonyl (C=O) groups is 2. The fourth-order valence-corrected chi connectivity index (χ4v) is 3.41. The molecule has 0 saturated carbocycles. The Labute approximate surface area is 186 Å². The van der Waals surface area contributed by atoms with Crippen LogP contribution in [0.15, 0.2) is 59.1 Å². The van der Waals surface area contributed by atoms with Crippen molar-refractivity contribution in [3.05, 3.63) is 59.1 Å². The van der Waals surface area contributed by atoms with Gasteiger partial charge in [0.15, 0.2) is 11.4 Å². The van der Waals surface area contributed by atoms with Gasteiger partial charge < -0.3 is 15.3 Å². The van der Waals surface area contributed by atoms with Gasteiger partial charge in [-0.05, 0) is 52.4 Å². The highest BCUT2D eigenvalue weighted by Crippen LogP contribution is 2.33. The molecule has 0 aliphatic heterocycles. The van der Waals surface area contributed by atoms with Crippen LogP contribution in [0.2, 0.25) is 0 Å². The molecule has 0 aromatic heterocycles. The molecule has 5 heteroatoms. The summed E-state index contributed by atoms with van der Waals surface area (Å²) in [6.07, 6.45) is 22.0. The summed E-state index contributed by atoms with van der Waals surface area (Å²) in [5.74, 6) is -2.58. The summed E-state index contributed by atoms with van der Waals surface area (Å²) in [6.45, 7) is 4.63. The molecule has 0 aromatic rings. The summed E-state index contributed by atoms with van der Waals surface area (Å²) in [5, 5.41) is 30.1. The van der Waals surface area contributed by atoms with Crippen LogP contribution < -0.4 is 0 Å². The molecule has 1 aliphatic rings. The third-order valence-electron chi connectivity index (χ3n) is 5.41. The molecule has 31 heavy (non-hydrogen) atoms. The van der Waals surface area contributed by atoms with Gasteiger partial charge in [-0.3, -0.25) is 9.59 Å². The third-order valence-corrected chi connectivity index (χ3v) is 5.41. The van der Waals surface area contributed by atoms with Crippen molar-refractivity contribution < 1.29 is 24.9 Å². The fourth-order valence-electron chi connectivity index (χ4n) is 3.41. The standard InChI is InChI=1S/C26H38O5/c1-4-5-6-7-8-9-10-11-12-13-14-15-16-17-18-19-21(27)22-23(28)20(2)24(29)26(3,31)25(22)30/h5-6,8-9,11-12,28-29,31H,4,7,10,13-19H2,1-3H3/b6-5+,9-8-,12-11-/t26-/m1/s1. The monoisotopic (exact) mass is 430 g/mol. The Balaban J connectivity index is 2.23. The Hall–Kier alpha value is -2.40. The predicted molar refractivity (Wildman–Crippen MR) is 125 cm³/mol. The Morgan fingerprint density at radius 3 is 2.10 bits per heavy atom.